The SMILES string of the molecule is Cc1cccc(COC(CN2CCN(C(=O)Cc3cccs3)CC2)c2ccc(Cl)cc2)c1. The van der Waals surface area contributed by atoms with E-state index < -0.39 is 0 Å². The minimum absolute atomic E-state index is 0.0545. The first-order chi connectivity index (χ1) is 15.6. The fraction of sp³-hybridized carbons (Fsp3) is 0.346. The lowest BCUT2D eigenvalue weighted by molar-refractivity contribution is -0.132. The van der Waals surface area contributed by atoms with Crippen LogP contribution in [0.15, 0.2) is 66.0 Å². The van der Waals surface area contributed by atoms with Crippen molar-refractivity contribution in [2.45, 2.75) is 26.1 Å². The normalized spacial score (nSPS) is 15.6. The van der Waals surface area contributed by atoms with Gasteiger partial charge in [-0.3, -0.25) is 9.69 Å². The lowest BCUT2D eigenvalue weighted by atomic mass is 10.1. The number of halogens is 1. The van der Waals surface area contributed by atoms with Gasteiger partial charge in [-0.1, -0.05) is 59.6 Å². The molecule has 0 aliphatic carbocycles. The highest BCUT2D eigenvalue weighted by atomic mass is 35.5. The van der Waals surface area contributed by atoms with E-state index >= 15 is 0 Å². The summed E-state index contributed by atoms with van der Waals surface area (Å²) in [5, 5.41) is 2.75. The molecule has 6 heteroatoms. The second kappa shape index (κ2) is 11.1. The molecule has 0 spiro atoms. The number of benzene rings is 2. The number of thiophene rings is 1. The number of hydrogen-bond donors (Lipinski definition) is 0. The van der Waals surface area contributed by atoms with Crippen molar-refractivity contribution in [2.75, 3.05) is 32.7 Å². The Labute approximate surface area is 199 Å². The third-order valence-electron chi connectivity index (χ3n) is 5.83. The Morgan fingerprint density at radius 1 is 1.06 bits per heavy atom. The summed E-state index contributed by atoms with van der Waals surface area (Å²) < 4.78 is 6.39. The zero-order valence-corrected chi connectivity index (χ0v) is 19.9. The number of aryl methyl sites for hydroxylation is 1. The Bertz CT molecular complexity index is 999. The van der Waals surface area contributed by atoms with Gasteiger partial charge in [-0.15, -0.1) is 11.3 Å². The van der Waals surface area contributed by atoms with Crippen LogP contribution >= 0.6 is 22.9 Å². The van der Waals surface area contributed by atoms with Crippen LogP contribution in [0.4, 0.5) is 0 Å². The van der Waals surface area contributed by atoms with Crippen LogP contribution in [0.2, 0.25) is 5.02 Å². The third-order valence-corrected chi connectivity index (χ3v) is 6.96. The molecular formula is C26H29ClN2O2S. The highest BCUT2D eigenvalue weighted by molar-refractivity contribution is 7.10. The Kier molecular flexibility index (Phi) is 7.98. The summed E-state index contributed by atoms with van der Waals surface area (Å²) in [6, 6.07) is 20.4. The van der Waals surface area contributed by atoms with E-state index in [-0.39, 0.29) is 12.0 Å². The molecular weight excluding hydrogens is 440 g/mol. The molecule has 1 saturated heterocycles. The highest BCUT2D eigenvalue weighted by Crippen LogP contribution is 2.24. The third kappa shape index (κ3) is 6.42. The van der Waals surface area contributed by atoms with Crippen molar-refractivity contribution >= 4 is 28.8 Å². The molecule has 1 aliphatic heterocycles. The maximum absolute atomic E-state index is 12.6. The van der Waals surface area contributed by atoms with E-state index in [4.69, 9.17) is 16.3 Å². The quantitative estimate of drug-likeness (QED) is 0.446. The molecule has 1 amide bonds. The Hall–Kier alpha value is -2.18. The first-order valence-electron chi connectivity index (χ1n) is 11.0. The van der Waals surface area contributed by atoms with Gasteiger partial charge in [0.1, 0.15) is 0 Å². The van der Waals surface area contributed by atoms with Crippen LogP contribution in [0.3, 0.4) is 0 Å². The summed E-state index contributed by atoms with van der Waals surface area (Å²) in [7, 11) is 0. The standard InChI is InChI=1S/C26H29ClN2O2S/c1-20-4-2-5-21(16-20)19-31-25(22-7-9-23(27)10-8-22)18-28-11-13-29(14-12-28)26(30)17-24-6-3-15-32-24/h2-10,15-16,25H,11-14,17-19H2,1H3. The number of carbonyl (C=O) groups excluding carboxylic acids is 1. The maximum atomic E-state index is 12.6. The lowest BCUT2D eigenvalue weighted by Gasteiger charge is -2.36. The second-order valence-electron chi connectivity index (χ2n) is 8.28. The Morgan fingerprint density at radius 2 is 1.84 bits per heavy atom. The van der Waals surface area contributed by atoms with E-state index in [0.29, 0.717) is 13.0 Å². The summed E-state index contributed by atoms with van der Waals surface area (Å²) in [6.45, 7) is 6.68. The minimum atomic E-state index is -0.0545. The van der Waals surface area contributed by atoms with Gasteiger partial charge in [0.05, 0.1) is 19.1 Å². The summed E-state index contributed by atoms with van der Waals surface area (Å²) >= 11 is 7.75. The van der Waals surface area contributed by atoms with Crippen LogP contribution in [0, 0.1) is 6.92 Å². The fourth-order valence-electron chi connectivity index (χ4n) is 4.02. The number of nitrogens with zero attached hydrogens (tertiary/aromatic N) is 2. The number of amides is 1. The van der Waals surface area contributed by atoms with Crippen LogP contribution < -0.4 is 0 Å². The average Bonchev–Trinajstić information content (AvgIpc) is 3.31. The van der Waals surface area contributed by atoms with Crippen molar-refractivity contribution in [3.8, 4) is 0 Å². The van der Waals surface area contributed by atoms with Crippen molar-refractivity contribution < 1.29 is 9.53 Å². The summed E-state index contributed by atoms with van der Waals surface area (Å²) in [6.07, 6.45) is 0.450. The predicted molar refractivity (Wildman–Crippen MR) is 131 cm³/mol. The van der Waals surface area contributed by atoms with E-state index in [1.807, 2.05) is 46.7 Å². The van der Waals surface area contributed by atoms with Crippen molar-refractivity contribution in [1.29, 1.82) is 0 Å². The predicted octanol–water partition coefficient (Wildman–Crippen LogP) is 5.35. The van der Waals surface area contributed by atoms with E-state index in [0.717, 1.165) is 48.2 Å². The molecule has 1 aromatic heterocycles. The molecule has 2 aromatic carbocycles. The van der Waals surface area contributed by atoms with E-state index in [1.54, 1.807) is 11.3 Å². The lowest BCUT2D eigenvalue weighted by Crippen LogP contribution is -2.50. The highest BCUT2D eigenvalue weighted by Gasteiger charge is 2.24. The summed E-state index contributed by atoms with van der Waals surface area (Å²) in [4.78, 5) is 18.1. The first kappa shape index (κ1) is 23.0. The number of hydrogen-bond acceptors (Lipinski definition) is 4. The number of carbonyl (C=O) groups is 1. The molecule has 1 unspecified atom stereocenters. The van der Waals surface area contributed by atoms with Gasteiger partial charge in [0.25, 0.3) is 0 Å². The molecule has 3 aromatic rings. The topological polar surface area (TPSA) is 32.8 Å². The maximum Gasteiger partial charge on any atom is 0.227 e. The molecule has 32 heavy (non-hydrogen) atoms. The zero-order valence-electron chi connectivity index (χ0n) is 18.4. The van der Waals surface area contributed by atoms with Crippen LogP contribution in [-0.2, 0) is 22.6 Å². The van der Waals surface area contributed by atoms with Crippen molar-refractivity contribution in [2.24, 2.45) is 0 Å². The van der Waals surface area contributed by atoms with Gasteiger partial charge in [0.2, 0.25) is 5.91 Å². The smallest absolute Gasteiger partial charge is 0.227 e. The van der Waals surface area contributed by atoms with Crippen molar-refractivity contribution in [1.82, 2.24) is 9.80 Å². The van der Waals surface area contributed by atoms with Gasteiger partial charge in [0.15, 0.2) is 0 Å². The van der Waals surface area contributed by atoms with Crippen LogP contribution in [0.5, 0.6) is 0 Å². The number of rotatable bonds is 8. The van der Waals surface area contributed by atoms with E-state index in [9.17, 15) is 4.79 Å². The molecule has 0 radical (unpaired) electrons. The second-order valence-corrected chi connectivity index (χ2v) is 9.75. The van der Waals surface area contributed by atoms with Crippen LogP contribution in [0.1, 0.15) is 27.7 Å². The monoisotopic (exact) mass is 468 g/mol. The zero-order chi connectivity index (χ0) is 22.3. The van der Waals surface area contributed by atoms with Gasteiger partial charge in [-0.25, -0.2) is 0 Å². The van der Waals surface area contributed by atoms with Crippen molar-refractivity contribution in [3.63, 3.8) is 0 Å². The molecule has 1 atom stereocenters. The molecule has 0 N–H and O–H groups in total. The van der Waals surface area contributed by atoms with Crippen LogP contribution in [-0.4, -0.2) is 48.4 Å². The number of piperazine rings is 1. The molecule has 2 heterocycles. The van der Waals surface area contributed by atoms with Gasteiger partial charge < -0.3 is 9.64 Å². The Balaban J connectivity index is 1.35. The van der Waals surface area contributed by atoms with Crippen molar-refractivity contribution in [3.05, 3.63) is 92.6 Å². The molecule has 0 bridgehead atoms. The fourth-order valence-corrected chi connectivity index (χ4v) is 4.84. The molecule has 4 nitrogen and oxygen atoms in total. The molecule has 1 aliphatic rings. The van der Waals surface area contributed by atoms with E-state index in [1.165, 1.54) is 11.1 Å². The molecule has 4 rings (SSSR count). The van der Waals surface area contributed by atoms with Gasteiger partial charge >= 0.3 is 0 Å². The van der Waals surface area contributed by atoms with Gasteiger partial charge in [-0.05, 0) is 41.6 Å². The summed E-state index contributed by atoms with van der Waals surface area (Å²) in [5.74, 6) is 0.219. The average molecular weight is 469 g/mol. The number of ether oxygens (including phenoxy) is 1. The van der Waals surface area contributed by atoms with Gasteiger partial charge in [0, 0.05) is 42.6 Å². The molecule has 0 saturated carbocycles. The molecule has 168 valence electrons. The van der Waals surface area contributed by atoms with Crippen LogP contribution in [0.25, 0.3) is 0 Å². The molecule has 1 fully saturated rings. The first-order valence-corrected chi connectivity index (χ1v) is 12.3. The van der Waals surface area contributed by atoms with Gasteiger partial charge in [-0.2, -0.15) is 0 Å². The largest absolute Gasteiger partial charge is 0.368 e. The minimum Gasteiger partial charge on any atom is -0.368 e. The Morgan fingerprint density at radius 3 is 2.53 bits per heavy atom. The summed E-state index contributed by atoms with van der Waals surface area (Å²) in [5.41, 5.74) is 3.53. The van der Waals surface area contributed by atoms with E-state index in [2.05, 4.69) is 36.1 Å².